The van der Waals surface area contributed by atoms with Gasteiger partial charge in [-0.05, 0) is 11.1 Å². The Balaban J connectivity index is 1.71. The molecule has 3 aromatic rings. The van der Waals surface area contributed by atoms with Crippen molar-refractivity contribution in [2.45, 2.75) is 19.0 Å². The first-order valence-electron chi connectivity index (χ1n) is 8.73. The zero-order valence-electron chi connectivity index (χ0n) is 15.0. The highest BCUT2D eigenvalue weighted by Gasteiger charge is 2.23. The maximum atomic E-state index is 12.9. The highest BCUT2D eigenvalue weighted by molar-refractivity contribution is 5.83. The second-order valence-corrected chi connectivity index (χ2v) is 6.35. The van der Waals surface area contributed by atoms with Crippen molar-refractivity contribution in [1.29, 1.82) is 0 Å². The van der Waals surface area contributed by atoms with Crippen molar-refractivity contribution in [3.63, 3.8) is 0 Å². The Kier molecular flexibility index (Phi) is 5.81. The normalized spacial score (nSPS) is 11.9. The van der Waals surface area contributed by atoms with E-state index in [1.54, 1.807) is 18.1 Å². The summed E-state index contributed by atoms with van der Waals surface area (Å²) in [7, 11) is 1.80. The highest BCUT2D eigenvalue weighted by Crippen LogP contribution is 2.18. The first-order valence-corrected chi connectivity index (χ1v) is 8.73. The van der Waals surface area contributed by atoms with Crippen LogP contribution in [0.4, 0.5) is 0 Å². The van der Waals surface area contributed by atoms with E-state index in [4.69, 9.17) is 5.73 Å². The van der Waals surface area contributed by atoms with Gasteiger partial charge in [-0.15, -0.1) is 0 Å². The lowest BCUT2D eigenvalue weighted by Crippen LogP contribution is -2.35. The van der Waals surface area contributed by atoms with E-state index in [2.05, 4.69) is 21.7 Å². The molecule has 0 aliphatic heterocycles. The maximum Gasteiger partial charge on any atom is 0.231 e. The Bertz CT molecular complexity index is 829. The third-order valence-corrected chi connectivity index (χ3v) is 4.49. The van der Waals surface area contributed by atoms with E-state index >= 15 is 0 Å². The van der Waals surface area contributed by atoms with Crippen LogP contribution in [0.2, 0.25) is 0 Å². The number of hydrogen-bond acceptors (Lipinski definition) is 3. The van der Waals surface area contributed by atoms with Crippen molar-refractivity contribution in [1.82, 2.24) is 14.5 Å². The molecule has 0 fully saturated rings. The average Bonchev–Trinajstić information content (AvgIpc) is 3.10. The molecular weight excluding hydrogens is 324 g/mol. The predicted molar refractivity (Wildman–Crippen MR) is 102 cm³/mol. The van der Waals surface area contributed by atoms with E-state index in [-0.39, 0.29) is 18.4 Å². The fourth-order valence-corrected chi connectivity index (χ4v) is 3.04. The van der Waals surface area contributed by atoms with Crippen LogP contribution in [-0.2, 0) is 17.9 Å². The van der Waals surface area contributed by atoms with E-state index in [0.717, 1.165) is 17.9 Å². The lowest BCUT2D eigenvalue weighted by molar-refractivity contribution is -0.131. The number of imidazole rings is 1. The van der Waals surface area contributed by atoms with Crippen molar-refractivity contribution in [2.24, 2.45) is 5.73 Å². The van der Waals surface area contributed by atoms with Crippen molar-refractivity contribution >= 4 is 5.91 Å². The summed E-state index contributed by atoms with van der Waals surface area (Å²) in [5.74, 6) is 0.528. The Morgan fingerprint density at radius 2 is 1.77 bits per heavy atom. The molecule has 0 saturated carbocycles. The summed E-state index contributed by atoms with van der Waals surface area (Å²) in [5, 5.41) is 0. The van der Waals surface area contributed by atoms with Gasteiger partial charge in [-0.3, -0.25) is 4.79 Å². The van der Waals surface area contributed by atoms with Gasteiger partial charge >= 0.3 is 0 Å². The molecule has 1 amide bonds. The number of carbonyl (C=O) groups is 1. The molecule has 5 nitrogen and oxygen atoms in total. The number of hydrogen-bond donors (Lipinski definition) is 1. The number of carbonyl (C=O) groups excluding carboxylic acids is 1. The standard InChI is InChI=1S/C21H24N4O/c1-24(21(26)19(14-22)18-10-6-3-7-11-18)16-20-23-12-13-25(20)15-17-8-4-2-5-9-17/h2-13,19H,14-16,22H2,1H3/t19-/m1/s1. The predicted octanol–water partition coefficient (Wildman–Crippen LogP) is 2.63. The van der Waals surface area contributed by atoms with Crippen LogP contribution in [0, 0.1) is 0 Å². The monoisotopic (exact) mass is 348 g/mol. The summed E-state index contributed by atoms with van der Waals surface area (Å²) in [6, 6.07) is 19.9. The van der Waals surface area contributed by atoms with Crippen LogP contribution >= 0.6 is 0 Å². The van der Waals surface area contributed by atoms with Crippen LogP contribution in [-0.4, -0.2) is 34.0 Å². The number of benzene rings is 2. The van der Waals surface area contributed by atoms with Crippen LogP contribution in [0.25, 0.3) is 0 Å². The van der Waals surface area contributed by atoms with Crippen LogP contribution < -0.4 is 5.73 Å². The number of aromatic nitrogens is 2. The van der Waals surface area contributed by atoms with Crippen molar-refractivity contribution in [2.75, 3.05) is 13.6 Å². The molecule has 26 heavy (non-hydrogen) atoms. The molecule has 0 unspecified atom stereocenters. The second kappa shape index (κ2) is 8.45. The van der Waals surface area contributed by atoms with Crippen LogP contribution in [0.1, 0.15) is 22.9 Å². The van der Waals surface area contributed by atoms with Crippen molar-refractivity contribution in [3.8, 4) is 0 Å². The molecule has 0 radical (unpaired) electrons. The Morgan fingerprint density at radius 3 is 2.42 bits per heavy atom. The third kappa shape index (κ3) is 4.18. The van der Waals surface area contributed by atoms with Gasteiger partial charge in [-0.25, -0.2) is 4.98 Å². The van der Waals surface area contributed by atoms with E-state index in [1.165, 1.54) is 5.56 Å². The Labute approximate surface area is 154 Å². The molecule has 0 spiro atoms. The molecule has 2 aromatic carbocycles. The van der Waals surface area contributed by atoms with Crippen molar-refractivity contribution < 1.29 is 4.79 Å². The van der Waals surface area contributed by atoms with E-state index in [0.29, 0.717) is 6.54 Å². The van der Waals surface area contributed by atoms with E-state index < -0.39 is 0 Å². The highest BCUT2D eigenvalue weighted by atomic mass is 16.2. The first-order chi connectivity index (χ1) is 12.7. The minimum absolute atomic E-state index is 0.00737. The molecule has 134 valence electrons. The Hall–Kier alpha value is -2.92. The van der Waals surface area contributed by atoms with Gasteiger partial charge in [0.05, 0.1) is 12.5 Å². The fraction of sp³-hybridized carbons (Fsp3) is 0.238. The molecule has 1 aromatic heterocycles. The molecule has 2 N–H and O–H groups in total. The van der Waals surface area contributed by atoms with Crippen LogP contribution in [0.15, 0.2) is 73.1 Å². The third-order valence-electron chi connectivity index (χ3n) is 4.49. The quantitative estimate of drug-likeness (QED) is 0.714. The maximum absolute atomic E-state index is 12.9. The zero-order valence-corrected chi connectivity index (χ0v) is 15.0. The zero-order chi connectivity index (χ0) is 18.4. The lowest BCUT2D eigenvalue weighted by Gasteiger charge is -2.23. The van der Waals surface area contributed by atoms with Gasteiger partial charge < -0.3 is 15.2 Å². The van der Waals surface area contributed by atoms with Crippen LogP contribution in [0.3, 0.4) is 0 Å². The SMILES string of the molecule is CN(Cc1nccn1Cc1ccccc1)C(=O)[C@H](CN)c1ccccc1. The van der Waals surface area contributed by atoms with Gasteiger partial charge in [-0.1, -0.05) is 60.7 Å². The molecule has 0 aliphatic rings. The van der Waals surface area contributed by atoms with Gasteiger partial charge in [0, 0.05) is 32.5 Å². The minimum Gasteiger partial charge on any atom is -0.338 e. The Morgan fingerprint density at radius 1 is 1.12 bits per heavy atom. The van der Waals surface area contributed by atoms with Crippen molar-refractivity contribution in [3.05, 3.63) is 90.0 Å². The molecule has 0 aliphatic carbocycles. The van der Waals surface area contributed by atoms with E-state index in [9.17, 15) is 4.79 Å². The first kappa shape index (κ1) is 17.9. The minimum atomic E-state index is -0.335. The summed E-state index contributed by atoms with van der Waals surface area (Å²) < 4.78 is 2.07. The molecule has 1 atom stereocenters. The largest absolute Gasteiger partial charge is 0.338 e. The smallest absolute Gasteiger partial charge is 0.231 e. The number of amides is 1. The molecule has 1 heterocycles. The van der Waals surface area contributed by atoms with Gasteiger partial charge in [0.1, 0.15) is 5.82 Å². The van der Waals surface area contributed by atoms with Crippen LogP contribution in [0.5, 0.6) is 0 Å². The van der Waals surface area contributed by atoms with Gasteiger partial charge in [0.15, 0.2) is 0 Å². The number of likely N-dealkylation sites (N-methyl/N-ethyl adjacent to an activating group) is 1. The number of rotatable bonds is 7. The molecule has 0 bridgehead atoms. The van der Waals surface area contributed by atoms with Gasteiger partial charge in [0.25, 0.3) is 0 Å². The van der Waals surface area contributed by atoms with Gasteiger partial charge in [-0.2, -0.15) is 0 Å². The molecular formula is C21H24N4O. The summed E-state index contributed by atoms with van der Waals surface area (Å²) in [4.78, 5) is 19.0. The topological polar surface area (TPSA) is 64.2 Å². The molecule has 3 rings (SSSR count). The summed E-state index contributed by atoms with van der Waals surface area (Å²) in [5.41, 5.74) is 8.02. The van der Waals surface area contributed by atoms with Gasteiger partial charge in [0.2, 0.25) is 5.91 Å². The van der Waals surface area contributed by atoms with E-state index in [1.807, 2.05) is 54.7 Å². The summed E-state index contributed by atoms with van der Waals surface area (Å²) in [6.45, 7) is 1.46. The number of nitrogens with zero attached hydrogens (tertiary/aromatic N) is 3. The lowest BCUT2D eigenvalue weighted by atomic mass is 9.98. The summed E-state index contributed by atoms with van der Waals surface area (Å²) in [6.07, 6.45) is 3.71. The number of nitrogens with two attached hydrogens (primary N) is 1. The second-order valence-electron chi connectivity index (χ2n) is 6.35. The molecule has 5 heteroatoms. The average molecular weight is 348 g/mol. The summed E-state index contributed by atoms with van der Waals surface area (Å²) >= 11 is 0. The fourth-order valence-electron chi connectivity index (χ4n) is 3.04. The molecule has 0 saturated heterocycles.